The summed E-state index contributed by atoms with van der Waals surface area (Å²) in [5, 5.41) is 3.44. The van der Waals surface area contributed by atoms with Crippen molar-refractivity contribution in [2.45, 2.75) is 19.4 Å². The molecule has 3 nitrogen and oxygen atoms in total. The average molecular weight is 163 g/mol. The van der Waals surface area contributed by atoms with E-state index < -0.39 is 0 Å². The molecule has 0 radical (unpaired) electrons. The molecule has 1 aliphatic heterocycles. The topological polar surface area (TPSA) is 37.8 Å². The molecule has 1 aliphatic rings. The van der Waals surface area contributed by atoms with Crippen molar-refractivity contribution in [3.05, 3.63) is 24.3 Å². The second-order valence-corrected chi connectivity index (χ2v) is 3.47. The normalized spacial score (nSPS) is 29.1. The summed E-state index contributed by atoms with van der Waals surface area (Å²) in [6.07, 6.45) is 6.56. The summed E-state index contributed by atoms with van der Waals surface area (Å²) in [7, 11) is 0. The molecule has 2 atom stereocenters. The van der Waals surface area contributed by atoms with Crippen LogP contribution in [-0.2, 0) is 0 Å². The number of nitrogens with zero attached hydrogens (tertiary/aromatic N) is 2. The Hall–Kier alpha value is -0.960. The van der Waals surface area contributed by atoms with Crippen molar-refractivity contribution < 1.29 is 0 Å². The second-order valence-electron chi connectivity index (χ2n) is 3.47. The second kappa shape index (κ2) is 3.19. The first-order valence-corrected chi connectivity index (χ1v) is 4.34. The highest BCUT2D eigenvalue weighted by Gasteiger charge is 2.21. The third-order valence-corrected chi connectivity index (χ3v) is 2.33. The minimum absolute atomic E-state index is 0.473. The van der Waals surface area contributed by atoms with Crippen LogP contribution in [0.3, 0.4) is 0 Å². The monoisotopic (exact) mass is 163 g/mol. The zero-order chi connectivity index (χ0) is 8.39. The van der Waals surface area contributed by atoms with Crippen LogP contribution in [0.4, 0.5) is 0 Å². The first-order valence-electron chi connectivity index (χ1n) is 4.34. The molecule has 1 aromatic rings. The van der Waals surface area contributed by atoms with E-state index in [0.29, 0.717) is 6.04 Å². The summed E-state index contributed by atoms with van der Waals surface area (Å²) in [6.45, 7) is 3.37. The van der Waals surface area contributed by atoms with Crippen LogP contribution < -0.4 is 5.32 Å². The highest BCUT2D eigenvalue weighted by molar-refractivity contribution is 5.10. The molecule has 1 fully saturated rings. The molecule has 1 N–H and O–H groups in total. The molecule has 0 aromatic carbocycles. The van der Waals surface area contributed by atoms with E-state index in [2.05, 4.69) is 22.2 Å². The third-order valence-electron chi connectivity index (χ3n) is 2.33. The van der Waals surface area contributed by atoms with Crippen molar-refractivity contribution in [2.75, 3.05) is 6.54 Å². The Balaban J connectivity index is 2.11. The van der Waals surface area contributed by atoms with Gasteiger partial charge in [0, 0.05) is 24.0 Å². The van der Waals surface area contributed by atoms with E-state index >= 15 is 0 Å². The van der Waals surface area contributed by atoms with Crippen LogP contribution in [0.2, 0.25) is 0 Å². The van der Waals surface area contributed by atoms with Gasteiger partial charge in [0.05, 0.1) is 0 Å². The smallest absolute Gasteiger partial charge is 0.115 e. The highest BCUT2D eigenvalue weighted by Crippen LogP contribution is 2.25. The number of hydrogen-bond donors (Lipinski definition) is 1. The molecule has 12 heavy (non-hydrogen) atoms. The number of nitrogens with one attached hydrogen (secondary N) is 1. The van der Waals surface area contributed by atoms with Crippen molar-refractivity contribution in [3.63, 3.8) is 0 Å². The zero-order valence-corrected chi connectivity index (χ0v) is 7.20. The minimum Gasteiger partial charge on any atom is -0.310 e. The molecular weight excluding hydrogens is 150 g/mol. The van der Waals surface area contributed by atoms with Crippen LogP contribution in [0.15, 0.2) is 18.7 Å². The van der Waals surface area contributed by atoms with Gasteiger partial charge in [-0.15, -0.1) is 0 Å². The van der Waals surface area contributed by atoms with Gasteiger partial charge < -0.3 is 5.32 Å². The molecule has 1 saturated heterocycles. The first kappa shape index (κ1) is 7.68. The van der Waals surface area contributed by atoms with E-state index in [4.69, 9.17) is 0 Å². The lowest BCUT2D eigenvalue weighted by molar-refractivity contribution is 0.608. The van der Waals surface area contributed by atoms with Crippen molar-refractivity contribution in [3.8, 4) is 0 Å². The Morgan fingerprint density at radius 3 is 2.75 bits per heavy atom. The lowest BCUT2D eigenvalue weighted by Gasteiger charge is -2.08. The number of hydrogen-bond acceptors (Lipinski definition) is 3. The molecular formula is C9H13N3. The summed E-state index contributed by atoms with van der Waals surface area (Å²) in [5.74, 6) is 0.773. The molecule has 0 aliphatic carbocycles. The number of rotatable bonds is 1. The van der Waals surface area contributed by atoms with Gasteiger partial charge in [-0.1, -0.05) is 6.92 Å². The molecule has 64 valence electrons. The lowest BCUT2D eigenvalue weighted by Crippen LogP contribution is -2.13. The van der Waals surface area contributed by atoms with Gasteiger partial charge in [0.2, 0.25) is 0 Å². The van der Waals surface area contributed by atoms with E-state index in [1.807, 2.05) is 12.4 Å². The van der Waals surface area contributed by atoms with Crippen LogP contribution in [0.5, 0.6) is 0 Å². The van der Waals surface area contributed by atoms with Gasteiger partial charge in [-0.3, -0.25) is 0 Å². The van der Waals surface area contributed by atoms with Crippen LogP contribution in [0.25, 0.3) is 0 Å². The molecule has 2 rings (SSSR count). The Kier molecular flexibility index (Phi) is 2.04. The van der Waals surface area contributed by atoms with Crippen molar-refractivity contribution in [1.29, 1.82) is 0 Å². The van der Waals surface area contributed by atoms with Gasteiger partial charge in [-0.2, -0.15) is 0 Å². The molecule has 0 spiro atoms. The maximum absolute atomic E-state index is 4.00. The van der Waals surface area contributed by atoms with Crippen LogP contribution in [0.1, 0.15) is 24.9 Å². The largest absolute Gasteiger partial charge is 0.310 e. The fourth-order valence-corrected chi connectivity index (χ4v) is 1.66. The Morgan fingerprint density at radius 2 is 2.17 bits per heavy atom. The molecule has 1 aromatic heterocycles. The molecule has 2 heterocycles. The van der Waals surface area contributed by atoms with Crippen molar-refractivity contribution in [1.82, 2.24) is 15.3 Å². The van der Waals surface area contributed by atoms with Gasteiger partial charge in [-0.25, -0.2) is 9.97 Å². The first-order chi connectivity index (χ1) is 5.86. The molecule has 0 bridgehead atoms. The maximum atomic E-state index is 4.00. The van der Waals surface area contributed by atoms with Gasteiger partial charge in [0.15, 0.2) is 0 Å². The van der Waals surface area contributed by atoms with E-state index in [1.165, 1.54) is 12.0 Å². The SMILES string of the molecule is CC1CNC(c2cncnc2)C1. The quantitative estimate of drug-likeness (QED) is 0.674. The predicted molar refractivity (Wildman–Crippen MR) is 46.6 cm³/mol. The van der Waals surface area contributed by atoms with E-state index in [9.17, 15) is 0 Å². The summed E-state index contributed by atoms with van der Waals surface area (Å²) in [6, 6.07) is 0.473. The zero-order valence-electron chi connectivity index (χ0n) is 7.20. The van der Waals surface area contributed by atoms with E-state index in [-0.39, 0.29) is 0 Å². The molecule has 3 heteroatoms. The minimum atomic E-state index is 0.473. The van der Waals surface area contributed by atoms with Crippen LogP contribution in [-0.4, -0.2) is 16.5 Å². The van der Waals surface area contributed by atoms with Gasteiger partial charge in [0.1, 0.15) is 6.33 Å². The standard InChI is InChI=1S/C9H13N3/c1-7-2-9(12-3-7)8-4-10-6-11-5-8/h4-7,9,12H,2-3H2,1H3. The van der Waals surface area contributed by atoms with Gasteiger partial charge in [0.25, 0.3) is 0 Å². The van der Waals surface area contributed by atoms with E-state index in [1.54, 1.807) is 6.33 Å². The molecule has 2 unspecified atom stereocenters. The summed E-state index contributed by atoms with van der Waals surface area (Å²) < 4.78 is 0. The van der Waals surface area contributed by atoms with Gasteiger partial charge in [-0.05, 0) is 18.9 Å². The average Bonchev–Trinajstić information content (AvgIpc) is 2.54. The lowest BCUT2D eigenvalue weighted by atomic mass is 10.0. The Morgan fingerprint density at radius 1 is 1.42 bits per heavy atom. The summed E-state index contributed by atoms with van der Waals surface area (Å²) in [4.78, 5) is 8.01. The molecule has 0 amide bonds. The third kappa shape index (κ3) is 1.46. The predicted octanol–water partition coefficient (Wildman–Crippen LogP) is 1.15. The highest BCUT2D eigenvalue weighted by atomic mass is 15.0. The molecule has 0 saturated carbocycles. The Labute approximate surface area is 72.2 Å². The van der Waals surface area contributed by atoms with Crippen molar-refractivity contribution in [2.24, 2.45) is 5.92 Å². The van der Waals surface area contributed by atoms with Crippen LogP contribution in [0, 0.1) is 5.92 Å². The van der Waals surface area contributed by atoms with Gasteiger partial charge >= 0.3 is 0 Å². The summed E-state index contributed by atoms with van der Waals surface area (Å²) >= 11 is 0. The van der Waals surface area contributed by atoms with Crippen LogP contribution >= 0.6 is 0 Å². The number of aromatic nitrogens is 2. The summed E-state index contributed by atoms with van der Waals surface area (Å²) in [5.41, 5.74) is 1.21. The Bertz CT molecular complexity index is 247. The maximum Gasteiger partial charge on any atom is 0.115 e. The fraction of sp³-hybridized carbons (Fsp3) is 0.556. The van der Waals surface area contributed by atoms with Crippen molar-refractivity contribution >= 4 is 0 Å². The fourth-order valence-electron chi connectivity index (χ4n) is 1.66. The van der Waals surface area contributed by atoms with E-state index in [0.717, 1.165) is 12.5 Å².